The van der Waals surface area contributed by atoms with Crippen molar-refractivity contribution in [3.8, 4) is 0 Å². The van der Waals surface area contributed by atoms with Gasteiger partial charge >= 0.3 is 12.0 Å². The molecular weight excluding hydrogens is 312 g/mol. The number of para-hydroxylation sites is 2. The van der Waals surface area contributed by atoms with Crippen molar-refractivity contribution in [3.63, 3.8) is 0 Å². The molecular formula is C16H20N4O4. The number of carbonyl (C=O) groups excluding carboxylic acids is 1. The van der Waals surface area contributed by atoms with Crippen LogP contribution in [0, 0.1) is 0 Å². The van der Waals surface area contributed by atoms with Gasteiger partial charge in [0.15, 0.2) is 5.58 Å². The van der Waals surface area contributed by atoms with Crippen LogP contribution in [-0.4, -0.2) is 59.7 Å². The number of urea groups is 1. The predicted molar refractivity (Wildman–Crippen MR) is 88.1 cm³/mol. The lowest BCUT2D eigenvalue weighted by Gasteiger charge is -2.33. The largest absolute Gasteiger partial charge is 0.481 e. The van der Waals surface area contributed by atoms with Crippen molar-refractivity contribution >= 4 is 29.1 Å². The van der Waals surface area contributed by atoms with Gasteiger partial charge in [0.05, 0.1) is 0 Å². The number of piperazine rings is 1. The molecule has 0 bridgehead atoms. The number of hydrogen-bond acceptors (Lipinski definition) is 5. The minimum Gasteiger partial charge on any atom is -0.481 e. The fourth-order valence-corrected chi connectivity index (χ4v) is 2.64. The van der Waals surface area contributed by atoms with E-state index in [0.29, 0.717) is 45.2 Å². The molecule has 1 fully saturated rings. The number of oxazole rings is 1. The van der Waals surface area contributed by atoms with Gasteiger partial charge in [0.1, 0.15) is 5.52 Å². The molecule has 8 nitrogen and oxygen atoms in total. The molecule has 1 aliphatic rings. The standard InChI is InChI=1S/C16H20N4O4/c21-14(22)6-3-7-17-15(23)19-8-10-20(11-9-19)16-18-12-4-1-2-5-13(12)24-16/h1-2,4-5H,3,6-11H2,(H,17,23)(H,21,22). The number of hydrogen-bond donors (Lipinski definition) is 2. The summed E-state index contributed by atoms with van der Waals surface area (Å²) in [5.41, 5.74) is 1.58. The van der Waals surface area contributed by atoms with E-state index in [1.54, 1.807) is 4.90 Å². The smallest absolute Gasteiger partial charge is 0.317 e. The van der Waals surface area contributed by atoms with Crippen molar-refractivity contribution in [2.45, 2.75) is 12.8 Å². The second-order valence-electron chi connectivity index (χ2n) is 5.67. The Morgan fingerprint density at radius 2 is 1.96 bits per heavy atom. The van der Waals surface area contributed by atoms with Crippen LogP contribution >= 0.6 is 0 Å². The molecule has 1 aromatic carbocycles. The number of fused-ring (bicyclic) bond motifs is 1. The van der Waals surface area contributed by atoms with E-state index >= 15 is 0 Å². The van der Waals surface area contributed by atoms with Gasteiger partial charge in [-0.05, 0) is 18.6 Å². The van der Waals surface area contributed by atoms with Crippen molar-refractivity contribution in [2.75, 3.05) is 37.6 Å². The first-order valence-corrected chi connectivity index (χ1v) is 7.98. The van der Waals surface area contributed by atoms with Gasteiger partial charge < -0.3 is 24.6 Å². The monoisotopic (exact) mass is 332 g/mol. The molecule has 2 aromatic rings. The summed E-state index contributed by atoms with van der Waals surface area (Å²) in [4.78, 5) is 30.7. The molecule has 0 saturated carbocycles. The van der Waals surface area contributed by atoms with E-state index in [-0.39, 0.29) is 12.5 Å². The molecule has 2 amide bonds. The maximum Gasteiger partial charge on any atom is 0.317 e. The van der Waals surface area contributed by atoms with Gasteiger partial charge in [0.2, 0.25) is 0 Å². The van der Waals surface area contributed by atoms with Crippen LogP contribution in [0.1, 0.15) is 12.8 Å². The summed E-state index contributed by atoms with van der Waals surface area (Å²) in [5, 5.41) is 11.3. The van der Waals surface area contributed by atoms with Crippen molar-refractivity contribution in [3.05, 3.63) is 24.3 Å². The summed E-state index contributed by atoms with van der Waals surface area (Å²) < 4.78 is 5.75. The van der Waals surface area contributed by atoms with Crippen LogP contribution < -0.4 is 10.2 Å². The quantitative estimate of drug-likeness (QED) is 0.806. The van der Waals surface area contributed by atoms with Gasteiger partial charge in [-0.3, -0.25) is 4.79 Å². The highest BCUT2D eigenvalue weighted by Crippen LogP contribution is 2.22. The Labute approximate surface area is 139 Å². The molecule has 2 N–H and O–H groups in total. The van der Waals surface area contributed by atoms with E-state index in [4.69, 9.17) is 9.52 Å². The fraction of sp³-hybridized carbons (Fsp3) is 0.438. The van der Waals surface area contributed by atoms with Crippen LogP contribution in [0.2, 0.25) is 0 Å². The topological polar surface area (TPSA) is 98.9 Å². The number of aromatic nitrogens is 1. The Balaban J connectivity index is 1.48. The summed E-state index contributed by atoms with van der Waals surface area (Å²) >= 11 is 0. The maximum atomic E-state index is 12.0. The zero-order valence-corrected chi connectivity index (χ0v) is 13.3. The first-order valence-electron chi connectivity index (χ1n) is 7.98. The Morgan fingerprint density at radius 3 is 2.67 bits per heavy atom. The zero-order chi connectivity index (χ0) is 16.9. The van der Waals surface area contributed by atoms with Crippen LogP contribution in [0.3, 0.4) is 0 Å². The van der Waals surface area contributed by atoms with Gasteiger partial charge in [-0.1, -0.05) is 12.1 Å². The molecule has 0 spiro atoms. The summed E-state index contributed by atoms with van der Waals surface area (Å²) in [6, 6.07) is 8.04. The van der Waals surface area contributed by atoms with Gasteiger partial charge in [-0.15, -0.1) is 0 Å². The van der Waals surface area contributed by atoms with Crippen LogP contribution in [0.4, 0.5) is 10.8 Å². The molecule has 2 heterocycles. The third-order valence-electron chi connectivity index (χ3n) is 3.96. The molecule has 1 aliphatic heterocycles. The van der Waals surface area contributed by atoms with Crippen molar-refractivity contribution in [2.24, 2.45) is 0 Å². The number of benzene rings is 1. The van der Waals surface area contributed by atoms with Crippen LogP contribution in [0.25, 0.3) is 11.1 Å². The molecule has 1 saturated heterocycles. The molecule has 128 valence electrons. The third kappa shape index (κ3) is 3.76. The van der Waals surface area contributed by atoms with Crippen LogP contribution in [0.15, 0.2) is 28.7 Å². The highest BCUT2D eigenvalue weighted by Gasteiger charge is 2.23. The second-order valence-corrected chi connectivity index (χ2v) is 5.67. The number of rotatable bonds is 5. The fourth-order valence-electron chi connectivity index (χ4n) is 2.64. The summed E-state index contributed by atoms with van der Waals surface area (Å²) in [7, 11) is 0. The van der Waals surface area contributed by atoms with E-state index in [0.717, 1.165) is 11.1 Å². The highest BCUT2D eigenvalue weighted by molar-refractivity contribution is 5.75. The molecule has 0 aliphatic carbocycles. The number of amides is 2. The van der Waals surface area contributed by atoms with Gasteiger partial charge in [0.25, 0.3) is 6.01 Å². The summed E-state index contributed by atoms with van der Waals surface area (Å²) in [6.07, 6.45) is 0.496. The molecule has 24 heavy (non-hydrogen) atoms. The maximum absolute atomic E-state index is 12.0. The average molecular weight is 332 g/mol. The van der Waals surface area contributed by atoms with Gasteiger partial charge in [-0.2, -0.15) is 4.98 Å². The number of aliphatic carboxylic acids is 1. The lowest BCUT2D eigenvalue weighted by atomic mass is 10.3. The van der Waals surface area contributed by atoms with Gasteiger partial charge in [0, 0.05) is 39.1 Å². The number of nitrogens with zero attached hydrogens (tertiary/aromatic N) is 3. The molecule has 0 radical (unpaired) electrons. The Kier molecular flexibility index (Phi) is 4.83. The second kappa shape index (κ2) is 7.20. The Morgan fingerprint density at radius 1 is 1.21 bits per heavy atom. The summed E-state index contributed by atoms with van der Waals surface area (Å²) in [5.74, 6) is -0.851. The van der Waals surface area contributed by atoms with Crippen molar-refractivity contribution in [1.29, 1.82) is 0 Å². The minimum absolute atomic E-state index is 0.0613. The molecule has 3 rings (SSSR count). The van der Waals surface area contributed by atoms with Crippen molar-refractivity contribution in [1.82, 2.24) is 15.2 Å². The first kappa shape index (κ1) is 16.1. The van der Waals surface area contributed by atoms with E-state index in [1.807, 2.05) is 29.2 Å². The normalized spacial score (nSPS) is 14.8. The van der Waals surface area contributed by atoms with Crippen LogP contribution in [-0.2, 0) is 4.79 Å². The molecule has 1 aromatic heterocycles. The lowest BCUT2D eigenvalue weighted by molar-refractivity contribution is -0.137. The van der Waals surface area contributed by atoms with E-state index < -0.39 is 5.97 Å². The van der Waals surface area contributed by atoms with E-state index in [1.165, 1.54) is 0 Å². The number of carboxylic acid groups (broad SMARTS) is 1. The zero-order valence-electron chi connectivity index (χ0n) is 13.3. The van der Waals surface area contributed by atoms with Gasteiger partial charge in [-0.25, -0.2) is 4.79 Å². The van der Waals surface area contributed by atoms with Crippen LogP contribution in [0.5, 0.6) is 0 Å². The molecule has 0 unspecified atom stereocenters. The Bertz CT molecular complexity index is 689. The number of anilines is 1. The summed E-state index contributed by atoms with van der Waals surface area (Å²) in [6.45, 7) is 2.81. The minimum atomic E-state index is -0.851. The number of carbonyl (C=O) groups is 2. The predicted octanol–water partition coefficient (Wildman–Crippen LogP) is 1.52. The van der Waals surface area contributed by atoms with E-state index in [9.17, 15) is 9.59 Å². The SMILES string of the molecule is O=C(O)CCCNC(=O)N1CCN(c2nc3ccccc3o2)CC1. The number of carboxylic acids is 1. The van der Waals surface area contributed by atoms with Crippen molar-refractivity contribution < 1.29 is 19.1 Å². The third-order valence-corrected chi connectivity index (χ3v) is 3.96. The first-order chi connectivity index (χ1) is 11.6. The molecule has 0 atom stereocenters. The average Bonchev–Trinajstić information content (AvgIpc) is 3.02. The van der Waals surface area contributed by atoms with E-state index in [2.05, 4.69) is 10.3 Å². The lowest BCUT2D eigenvalue weighted by Crippen LogP contribution is -2.52. The Hall–Kier alpha value is -2.77. The highest BCUT2D eigenvalue weighted by atomic mass is 16.4. The molecule has 8 heteroatoms. The number of nitrogens with one attached hydrogen (secondary N) is 1.